The second-order valence-corrected chi connectivity index (χ2v) is 6.47. The molecule has 154 valence electrons. The molecule has 0 spiro atoms. The number of aliphatic hydroxyl groups is 1. The highest BCUT2D eigenvalue weighted by molar-refractivity contribution is 14.0. The molecule has 1 atom stereocenters. The first-order chi connectivity index (χ1) is 12.8. The van der Waals surface area contributed by atoms with Gasteiger partial charge in [-0.3, -0.25) is 4.99 Å². The van der Waals surface area contributed by atoms with Gasteiger partial charge >= 0.3 is 0 Å². The maximum atomic E-state index is 9.66. The maximum Gasteiger partial charge on any atom is 0.191 e. The van der Waals surface area contributed by atoms with Crippen LogP contribution in [0.15, 0.2) is 35.3 Å². The van der Waals surface area contributed by atoms with Crippen LogP contribution in [0.3, 0.4) is 0 Å². The molecule has 6 nitrogen and oxygen atoms in total. The van der Waals surface area contributed by atoms with Crippen molar-refractivity contribution >= 4 is 29.9 Å². The molecular formula is C20H34IN3O3. The van der Waals surface area contributed by atoms with Crippen LogP contribution in [0.5, 0.6) is 0 Å². The molecule has 0 aromatic heterocycles. The summed E-state index contributed by atoms with van der Waals surface area (Å²) in [5, 5.41) is 16.3. The number of guanidine groups is 1. The summed E-state index contributed by atoms with van der Waals surface area (Å²) in [5.74, 6) is 0.802. The molecule has 1 unspecified atom stereocenters. The molecule has 0 amide bonds. The molecule has 2 rings (SSSR count). The highest BCUT2D eigenvalue weighted by atomic mass is 127. The normalized spacial score (nSPS) is 16.4. The van der Waals surface area contributed by atoms with Crippen LogP contribution in [0, 0.1) is 0 Å². The van der Waals surface area contributed by atoms with Gasteiger partial charge in [0.15, 0.2) is 5.96 Å². The van der Waals surface area contributed by atoms with Crippen LogP contribution in [0.2, 0.25) is 0 Å². The fourth-order valence-corrected chi connectivity index (χ4v) is 2.91. The summed E-state index contributed by atoms with van der Waals surface area (Å²) in [4.78, 5) is 4.63. The van der Waals surface area contributed by atoms with Crippen LogP contribution in [-0.2, 0) is 9.47 Å². The zero-order valence-corrected chi connectivity index (χ0v) is 18.6. The van der Waals surface area contributed by atoms with E-state index in [1.165, 1.54) is 0 Å². The zero-order chi connectivity index (χ0) is 18.5. The quantitative estimate of drug-likeness (QED) is 0.203. The Morgan fingerprint density at radius 2 is 2.00 bits per heavy atom. The van der Waals surface area contributed by atoms with Crippen LogP contribution in [0.25, 0.3) is 0 Å². The van der Waals surface area contributed by atoms with Crippen LogP contribution < -0.4 is 10.6 Å². The van der Waals surface area contributed by atoms with Gasteiger partial charge < -0.3 is 25.2 Å². The largest absolute Gasteiger partial charge is 0.396 e. The van der Waals surface area contributed by atoms with E-state index in [4.69, 9.17) is 9.47 Å². The number of ether oxygens (including phenoxy) is 2. The second-order valence-electron chi connectivity index (χ2n) is 6.47. The Morgan fingerprint density at radius 3 is 2.67 bits per heavy atom. The van der Waals surface area contributed by atoms with Gasteiger partial charge in [-0.1, -0.05) is 30.3 Å². The molecule has 0 radical (unpaired) electrons. The Morgan fingerprint density at radius 1 is 1.26 bits per heavy atom. The lowest BCUT2D eigenvalue weighted by atomic mass is 10.0. The summed E-state index contributed by atoms with van der Waals surface area (Å²) < 4.78 is 11.2. The zero-order valence-electron chi connectivity index (χ0n) is 16.2. The Labute approximate surface area is 180 Å². The Bertz CT molecular complexity index is 510. The van der Waals surface area contributed by atoms with Gasteiger partial charge in [0, 0.05) is 38.8 Å². The Kier molecular flexibility index (Phi) is 13.5. The second kappa shape index (κ2) is 15.1. The van der Waals surface area contributed by atoms with Gasteiger partial charge in [-0.2, -0.15) is 0 Å². The number of halogens is 1. The molecule has 0 bridgehead atoms. The monoisotopic (exact) mass is 491 g/mol. The third-order valence-electron chi connectivity index (χ3n) is 4.44. The first-order valence-corrected chi connectivity index (χ1v) is 9.70. The predicted octanol–water partition coefficient (Wildman–Crippen LogP) is 2.52. The van der Waals surface area contributed by atoms with E-state index in [0.29, 0.717) is 12.6 Å². The molecule has 7 heteroatoms. The van der Waals surface area contributed by atoms with Crippen LogP contribution >= 0.6 is 24.0 Å². The Balaban J connectivity index is 0.00000364. The van der Waals surface area contributed by atoms with E-state index in [1.54, 1.807) is 0 Å². The van der Waals surface area contributed by atoms with Crippen molar-refractivity contribution < 1.29 is 14.6 Å². The standard InChI is InChI=1S/C20H33N3O3.HI/c1-2-21-20(22-11-6-12-26-19-9-13-25-14-10-19)23-15-18(16-24)17-7-4-3-5-8-17;/h3-5,7-8,18-19,24H,2,6,9-16H2,1H3,(H2,21,22,23);1H. The van der Waals surface area contributed by atoms with E-state index in [0.717, 1.165) is 63.7 Å². The molecule has 1 aromatic carbocycles. The van der Waals surface area contributed by atoms with Crippen molar-refractivity contribution in [2.24, 2.45) is 4.99 Å². The number of benzene rings is 1. The average Bonchev–Trinajstić information content (AvgIpc) is 2.69. The van der Waals surface area contributed by atoms with E-state index < -0.39 is 0 Å². The van der Waals surface area contributed by atoms with Gasteiger partial charge in [0.05, 0.1) is 19.3 Å². The SMILES string of the molecule is CCNC(=NCC(CO)c1ccccc1)NCCCOC1CCOCC1.I. The first-order valence-electron chi connectivity index (χ1n) is 9.70. The first kappa shape index (κ1) is 24.1. The van der Waals surface area contributed by atoms with Gasteiger partial charge in [0.2, 0.25) is 0 Å². The number of hydrogen-bond donors (Lipinski definition) is 3. The van der Waals surface area contributed by atoms with E-state index in [9.17, 15) is 5.11 Å². The molecule has 1 saturated heterocycles. The van der Waals surface area contributed by atoms with E-state index in [2.05, 4.69) is 15.6 Å². The van der Waals surface area contributed by atoms with Crippen molar-refractivity contribution in [3.8, 4) is 0 Å². The van der Waals surface area contributed by atoms with Gasteiger partial charge in [-0.05, 0) is 31.7 Å². The molecular weight excluding hydrogens is 457 g/mol. The number of aliphatic imine (C=N–C) groups is 1. The molecule has 1 aliphatic rings. The van der Waals surface area contributed by atoms with Crippen LogP contribution in [0.1, 0.15) is 37.7 Å². The lowest BCUT2D eigenvalue weighted by Gasteiger charge is -2.22. The molecule has 0 aliphatic carbocycles. The van der Waals surface area contributed by atoms with Crippen molar-refractivity contribution in [1.82, 2.24) is 10.6 Å². The molecule has 1 aromatic rings. The highest BCUT2D eigenvalue weighted by Crippen LogP contribution is 2.15. The number of hydrogen-bond acceptors (Lipinski definition) is 4. The van der Waals surface area contributed by atoms with Crippen molar-refractivity contribution in [1.29, 1.82) is 0 Å². The van der Waals surface area contributed by atoms with Gasteiger partial charge in [0.25, 0.3) is 0 Å². The van der Waals surface area contributed by atoms with Crippen molar-refractivity contribution in [2.75, 3.05) is 46.1 Å². The Hall–Kier alpha value is -0.900. The van der Waals surface area contributed by atoms with E-state index in [-0.39, 0.29) is 36.5 Å². The van der Waals surface area contributed by atoms with Crippen LogP contribution in [0.4, 0.5) is 0 Å². The van der Waals surface area contributed by atoms with Gasteiger partial charge in [-0.15, -0.1) is 24.0 Å². The van der Waals surface area contributed by atoms with E-state index >= 15 is 0 Å². The minimum atomic E-state index is 0. The molecule has 3 N–H and O–H groups in total. The fourth-order valence-electron chi connectivity index (χ4n) is 2.91. The summed E-state index contributed by atoms with van der Waals surface area (Å²) >= 11 is 0. The predicted molar refractivity (Wildman–Crippen MR) is 120 cm³/mol. The van der Waals surface area contributed by atoms with Crippen molar-refractivity contribution in [3.05, 3.63) is 35.9 Å². The smallest absolute Gasteiger partial charge is 0.191 e. The van der Waals surface area contributed by atoms with Crippen molar-refractivity contribution in [3.63, 3.8) is 0 Å². The molecule has 1 heterocycles. The minimum absolute atomic E-state index is 0. The summed E-state index contributed by atoms with van der Waals surface area (Å²) in [6, 6.07) is 10.0. The highest BCUT2D eigenvalue weighted by Gasteiger charge is 2.13. The lowest BCUT2D eigenvalue weighted by Crippen LogP contribution is -2.38. The number of rotatable bonds is 10. The molecule has 27 heavy (non-hydrogen) atoms. The summed E-state index contributed by atoms with van der Waals surface area (Å²) in [6.07, 6.45) is 3.28. The molecule has 1 fully saturated rings. The van der Waals surface area contributed by atoms with Gasteiger partial charge in [0.1, 0.15) is 0 Å². The summed E-state index contributed by atoms with van der Waals surface area (Å²) in [6.45, 7) is 6.68. The number of nitrogens with zero attached hydrogens (tertiary/aromatic N) is 1. The average molecular weight is 491 g/mol. The topological polar surface area (TPSA) is 75.1 Å². The minimum Gasteiger partial charge on any atom is -0.396 e. The fraction of sp³-hybridized carbons (Fsp3) is 0.650. The van der Waals surface area contributed by atoms with E-state index in [1.807, 2.05) is 37.3 Å². The maximum absolute atomic E-state index is 9.66. The summed E-state index contributed by atoms with van der Waals surface area (Å²) in [5.41, 5.74) is 1.11. The lowest BCUT2D eigenvalue weighted by molar-refractivity contribution is -0.0320. The molecule has 0 saturated carbocycles. The number of nitrogens with one attached hydrogen (secondary N) is 2. The van der Waals surface area contributed by atoms with Crippen molar-refractivity contribution in [2.45, 2.75) is 38.2 Å². The van der Waals surface area contributed by atoms with Gasteiger partial charge in [-0.25, -0.2) is 0 Å². The molecule has 1 aliphatic heterocycles. The third kappa shape index (κ3) is 9.73. The number of aliphatic hydroxyl groups excluding tert-OH is 1. The third-order valence-corrected chi connectivity index (χ3v) is 4.44. The van der Waals surface area contributed by atoms with Crippen LogP contribution in [-0.4, -0.2) is 63.2 Å². The summed E-state index contributed by atoms with van der Waals surface area (Å²) in [7, 11) is 0.